The number of hydrogen-bond acceptors (Lipinski definition) is 7. The summed E-state index contributed by atoms with van der Waals surface area (Å²) >= 11 is 0. The number of hydrogen-bond donors (Lipinski definition) is 0. The van der Waals surface area contributed by atoms with Crippen LogP contribution in [0.5, 0.6) is 5.75 Å². The second-order valence-electron chi connectivity index (χ2n) is 10.2. The van der Waals surface area contributed by atoms with E-state index in [0.717, 1.165) is 86.6 Å². The number of fused-ring (bicyclic) bond motifs is 1. The Morgan fingerprint density at radius 2 is 1.86 bits per heavy atom. The van der Waals surface area contributed by atoms with Crippen LogP contribution in [-0.4, -0.2) is 87.9 Å². The second kappa shape index (κ2) is 11.5. The molecule has 37 heavy (non-hydrogen) atoms. The summed E-state index contributed by atoms with van der Waals surface area (Å²) in [6, 6.07) is 8.71. The van der Waals surface area contributed by atoms with Gasteiger partial charge in [-0.25, -0.2) is 14.6 Å². The molecule has 0 spiro atoms. The summed E-state index contributed by atoms with van der Waals surface area (Å²) in [5, 5.41) is 5.58. The van der Waals surface area contributed by atoms with Gasteiger partial charge in [0.1, 0.15) is 17.9 Å². The van der Waals surface area contributed by atoms with E-state index in [4.69, 9.17) is 4.74 Å². The van der Waals surface area contributed by atoms with E-state index < -0.39 is 0 Å². The number of piperazine rings is 1. The molecule has 9 nitrogen and oxygen atoms in total. The molecule has 1 saturated heterocycles. The molecule has 1 aromatic carbocycles. The summed E-state index contributed by atoms with van der Waals surface area (Å²) < 4.78 is 7.56. The van der Waals surface area contributed by atoms with E-state index in [1.165, 1.54) is 0 Å². The van der Waals surface area contributed by atoms with E-state index in [9.17, 15) is 4.79 Å². The lowest BCUT2D eigenvalue weighted by Gasteiger charge is -2.39. The van der Waals surface area contributed by atoms with E-state index in [0.29, 0.717) is 25.1 Å². The maximum atomic E-state index is 13.2. The normalized spacial score (nSPS) is 20.5. The Hall–Kier alpha value is -3.20. The molecule has 1 saturated carbocycles. The molecule has 0 N–H and O–H groups in total. The number of carbonyl (C=O) groups is 1. The van der Waals surface area contributed by atoms with Crippen LogP contribution in [0.1, 0.15) is 45.1 Å². The molecule has 0 atom stereocenters. The largest absolute Gasteiger partial charge is 0.494 e. The standard InChI is InChI=1S/C28H39N7O2/c1-4-32(3)23-11-9-22(10-12-23)28(36)34-15-13-33(14-16-34)26-25-18-31-35(27(25)30-20-29-26)19-21-7-6-8-24(17-21)37-5-2/h6-8,17-18,20,22-23H,4-5,9-16,19H2,1-3H3. The average Bonchev–Trinajstić information content (AvgIpc) is 3.35. The van der Waals surface area contributed by atoms with Crippen molar-refractivity contribution in [1.82, 2.24) is 29.5 Å². The highest BCUT2D eigenvalue weighted by Gasteiger charge is 2.32. The minimum absolute atomic E-state index is 0.179. The van der Waals surface area contributed by atoms with Gasteiger partial charge in [0.2, 0.25) is 5.91 Å². The Morgan fingerprint density at radius 1 is 1.08 bits per heavy atom. The van der Waals surface area contributed by atoms with Gasteiger partial charge in [-0.05, 0) is 63.9 Å². The van der Waals surface area contributed by atoms with Crippen LogP contribution >= 0.6 is 0 Å². The number of benzene rings is 1. The molecule has 9 heteroatoms. The van der Waals surface area contributed by atoms with Gasteiger partial charge in [-0.15, -0.1) is 0 Å². The molecule has 0 bridgehead atoms. The highest BCUT2D eigenvalue weighted by molar-refractivity contribution is 5.87. The van der Waals surface area contributed by atoms with Crippen molar-refractivity contribution >= 4 is 22.8 Å². The van der Waals surface area contributed by atoms with Crippen molar-refractivity contribution in [2.24, 2.45) is 5.92 Å². The predicted octanol–water partition coefficient (Wildman–Crippen LogP) is 3.43. The Labute approximate surface area is 219 Å². The van der Waals surface area contributed by atoms with Crippen LogP contribution in [0, 0.1) is 5.92 Å². The van der Waals surface area contributed by atoms with Gasteiger partial charge in [0.05, 0.1) is 24.7 Å². The lowest BCUT2D eigenvalue weighted by Crippen LogP contribution is -2.51. The maximum absolute atomic E-state index is 13.2. The number of nitrogens with zero attached hydrogens (tertiary/aromatic N) is 7. The monoisotopic (exact) mass is 505 g/mol. The molecule has 0 unspecified atom stereocenters. The Bertz CT molecular complexity index is 1200. The third kappa shape index (κ3) is 5.56. The van der Waals surface area contributed by atoms with Gasteiger partial charge in [0.25, 0.3) is 0 Å². The Balaban J connectivity index is 1.21. The summed E-state index contributed by atoms with van der Waals surface area (Å²) in [6.45, 7) is 9.52. The fourth-order valence-corrected chi connectivity index (χ4v) is 5.74. The third-order valence-electron chi connectivity index (χ3n) is 8.01. The number of aromatic nitrogens is 4. The molecule has 198 valence electrons. The van der Waals surface area contributed by atoms with Crippen molar-refractivity contribution in [1.29, 1.82) is 0 Å². The van der Waals surface area contributed by atoms with Gasteiger partial charge in [-0.3, -0.25) is 4.79 Å². The highest BCUT2D eigenvalue weighted by Crippen LogP contribution is 2.30. The summed E-state index contributed by atoms with van der Waals surface area (Å²) in [5.41, 5.74) is 1.93. The van der Waals surface area contributed by atoms with Crippen LogP contribution in [0.2, 0.25) is 0 Å². The molecule has 3 aromatic rings. The first-order valence-electron chi connectivity index (χ1n) is 13.7. The molecule has 5 rings (SSSR count). The van der Waals surface area contributed by atoms with Gasteiger partial charge in [0.15, 0.2) is 5.65 Å². The predicted molar refractivity (Wildman–Crippen MR) is 145 cm³/mol. The molecule has 1 aliphatic heterocycles. The third-order valence-corrected chi connectivity index (χ3v) is 8.01. The van der Waals surface area contributed by atoms with Crippen molar-refractivity contribution in [3.05, 3.63) is 42.4 Å². The quantitative estimate of drug-likeness (QED) is 0.464. The van der Waals surface area contributed by atoms with E-state index in [1.807, 2.05) is 36.0 Å². The van der Waals surface area contributed by atoms with Crippen LogP contribution in [-0.2, 0) is 11.3 Å². The molecule has 1 aliphatic carbocycles. The molecule has 2 aliphatic rings. The molecular formula is C28H39N7O2. The lowest BCUT2D eigenvalue weighted by molar-refractivity contribution is -0.137. The van der Waals surface area contributed by atoms with Crippen LogP contribution in [0.3, 0.4) is 0 Å². The maximum Gasteiger partial charge on any atom is 0.225 e. The summed E-state index contributed by atoms with van der Waals surface area (Å²) in [4.78, 5) is 29.2. The lowest BCUT2D eigenvalue weighted by atomic mass is 9.84. The molecule has 2 fully saturated rings. The number of anilines is 1. The van der Waals surface area contributed by atoms with Gasteiger partial charge in [-0.1, -0.05) is 19.1 Å². The first kappa shape index (κ1) is 25.4. The zero-order chi connectivity index (χ0) is 25.8. The van der Waals surface area contributed by atoms with Gasteiger partial charge >= 0.3 is 0 Å². The molecule has 1 amide bonds. The average molecular weight is 506 g/mol. The Morgan fingerprint density at radius 3 is 2.59 bits per heavy atom. The smallest absolute Gasteiger partial charge is 0.225 e. The molecule has 2 aromatic heterocycles. The van der Waals surface area contributed by atoms with Crippen LogP contribution in [0.4, 0.5) is 5.82 Å². The van der Waals surface area contributed by atoms with Crippen molar-refractivity contribution < 1.29 is 9.53 Å². The van der Waals surface area contributed by atoms with Crippen LogP contribution in [0.25, 0.3) is 11.0 Å². The first-order valence-corrected chi connectivity index (χ1v) is 13.7. The highest BCUT2D eigenvalue weighted by atomic mass is 16.5. The number of ether oxygens (including phenoxy) is 1. The minimum atomic E-state index is 0.179. The Kier molecular flexibility index (Phi) is 7.88. The van der Waals surface area contributed by atoms with Gasteiger partial charge in [0, 0.05) is 38.1 Å². The number of rotatable bonds is 8. The number of carbonyl (C=O) groups excluding carboxylic acids is 1. The zero-order valence-corrected chi connectivity index (χ0v) is 22.3. The van der Waals surface area contributed by atoms with Crippen molar-refractivity contribution in [3.8, 4) is 5.75 Å². The summed E-state index contributed by atoms with van der Waals surface area (Å²) in [7, 11) is 2.19. The molecular weight excluding hydrogens is 466 g/mol. The van der Waals surface area contributed by atoms with E-state index in [2.05, 4.69) is 49.8 Å². The summed E-state index contributed by atoms with van der Waals surface area (Å²) in [6.07, 6.45) is 7.75. The van der Waals surface area contributed by atoms with Gasteiger partial charge < -0.3 is 19.4 Å². The van der Waals surface area contributed by atoms with Crippen molar-refractivity contribution in [3.63, 3.8) is 0 Å². The SMILES string of the molecule is CCOc1cccc(Cn2ncc3c(N4CCN(C(=O)C5CCC(N(C)CC)CC5)CC4)ncnc32)c1. The van der Waals surface area contributed by atoms with E-state index in [1.54, 1.807) is 6.33 Å². The van der Waals surface area contributed by atoms with Crippen molar-refractivity contribution in [2.45, 2.75) is 52.1 Å². The van der Waals surface area contributed by atoms with Gasteiger partial charge in [-0.2, -0.15) is 5.10 Å². The van der Waals surface area contributed by atoms with E-state index >= 15 is 0 Å². The fraction of sp³-hybridized carbons (Fsp3) is 0.571. The van der Waals surface area contributed by atoms with Crippen molar-refractivity contribution in [2.75, 3.05) is 51.3 Å². The second-order valence-corrected chi connectivity index (χ2v) is 10.2. The van der Waals surface area contributed by atoms with E-state index in [-0.39, 0.29) is 5.92 Å². The number of amides is 1. The van der Waals surface area contributed by atoms with Crippen LogP contribution < -0.4 is 9.64 Å². The minimum Gasteiger partial charge on any atom is -0.494 e. The first-order chi connectivity index (χ1) is 18.1. The summed E-state index contributed by atoms with van der Waals surface area (Å²) in [5.74, 6) is 2.28. The van der Waals surface area contributed by atoms with Crippen LogP contribution in [0.15, 0.2) is 36.8 Å². The molecule has 3 heterocycles. The molecule has 0 radical (unpaired) electrons. The topological polar surface area (TPSA) is 79.6 Å². The fourth-order valence-electron chi connectivity index (χ4n) is 5.74. The zero-order valence-electron chi connectivity index (χ0n) is 22.3.